The number of allylic oxidation sites excluding steroid dienone is 6. The van der Waals surface area contributed by atoms with Crippen molar-refractivity contribution in [2.24, 2.45) is 0 Å². The smallest absolute Gasteiger partial charge is 0.305 e. The van der Waals surface area contributed by atoms with Crippen LogP contribution in [0, 0.1) is 6.92 Å². The van der Waals surface area contributed by atoms with Gasteiger partial charge >= 0.3 is 5.97 Å². The van der Waals surface area contributed by atoms with Gasteiger partial charge in [-0.25, -0.2) is 0 Å². The molecule has 0 fully saturated rings. The van der Waals surface area contributed by atoms with Crippen LogP contribution in [0.5, 0.6) is 0 Å². The molecule has 130 valence electrons. The predicted molar refractivity (Wildman–Crippen MR) is 97.8 cm³/mol. The summed E-state index contributed by atoms with van der Waals surface area (Å²) in [5.41, 5.74) is 3.62. The summed E-state index contributed by atoms with van der Waals surface area (Å²) in [7, 11) is 1.32. The molecule has 2 rings (SSSR count). The van der Waals surface area contributed by atoms with Crippen molar-refractivity contribution in [3.05, 3.63) is 76.9 Å². The molecule has 0 amide bonds. The normalized spacial score (nSPS) is 18.4. The fraction of sp³-hybridized carbons (Fsp3) is 0.238. The number of benzene rings is 1. The number of rotatable bonds is 6. The average molecular weight is 338 g/mol. The van der Waals surface area contributed by atoms with Crippen LogP contribution in [-0.2, 0) is 14.3 Å². The molecular formula is C21H22O4. The van der Waals surface area contributed by atoms with E-state index in [1.54, 1.807) is 24.3 Å². The summed E-state index contributed by atoms with van der Waals surface area (Å²) in [6, 6.07) is 8.05. The van der Waals surface area contributed by atoms with Crippen LogP contribution in [0.2, 0.25) is 0 Å². The van der Waals surface area contributed by atoms with Crippen molar-refractivity contribution >= 4 is 17.8 Å². The molecule has 1 unspecified atom stereocenters. The van der Waals surface area contributed by atoms with Crippen LogP contribution in [-0.4, -0.2) is 30.1 Å². The highest BCUT2D eigenvalue weighted by Gasteiger charge is 2.15. The average Bonchev–Trinajstić information content (AvgIpc) is 2.95. The topological polar surface area (TPSA) is 63.6 Å². The maximum absolute atomic E-state index is 12.0. The Morgan fingerprint density at radius 2 is 1.96 bits per heavy atom. The number of aliphatic hydroxyl groups is 1. The summed E-state index contributed by atoms with van der Waals surface area (Å²) in [4.78, 5) is 23.1. The highest BCUT2D eigenvalue weighted by molar-refractivity contribution is 6.13. The second kappa shape index (κ2) is 8.94. The number of aryl methyl sites for hydroxylation is 1. The van der Waals surface area contributed by atoms with Crippen LogP contribution >= 0.6 is 0 Å². The Bertz CT molecular complexity index is 749. The van der Waals surface area contributed by atoms with E-state index in [0.717, 1.165) is 11.1 Å². The number of ketones is 1. The van der Waals surface area contributed by atoms with Crippen molar-refractivity contribution in [3.8, 4) is 0 Å². The van der Waals surface area contributed by atoms with Gasteiger partial charge in [0.15, 0.2) is 5.78 Å². The standard InChI is InChI=1S/C21H22O4/c1-15-6-8-16(9-7-15)14-17-10-12-20(23)19(17)5-3-4-18(22)11-13-21(24)25-2/h3-10,12,14,18,22H,11,13H2,1-2H3. The van der Waals surface area contributed by atoms with E-state index in [1.807, 2.05) is 37.3 Å². The zero-order valence-electron chi connectivity index (χ0n) is 14.4. The van der Waals surface area contributed by atoms with Crippen LogP contribution in [0.1, 0.15) is 24.0 Å². The van der Waals surface area contributed by atoms with Gasteiger partial charge in [0.05, 0.1) is 13.2 Å². The molecule has 4 nitrogen and oxygen atoms in total. The van der Waals surface area contributed by atoms with Crippen LogP contribution in [0.15, 0.2) is 65.8 Å². The van der Waals surface area contributed by atoms with Crippen molar-refractivity contribution < 1.29 is 19.4 Å². The Balaban J connectivity index is 2.06. The van der Waals surface area contributed by atoms with Crippen LogP contribution < -0.4 is 0 Å². The largest absolute Gasteiger partial charge is 0.469 e. The van der Waals surface area contributed by atoms with Gasteiger partial charge < -0.3 is 9.84 Å². The van der Waals surface area contributed by atoms with Crippen molar-refractivity contribution in [3.63, 3.8) is 0 Å². The monoisotopic (exact) mass is 338 g/mol. The number of carbonyl (C=O) groups is 2. The van der Waals surface area contributed by atoms with Gasteiger partial charge in [0, 0.05) is 12.0 Å². The maximum atomic E-state index is 12.0. The van der Waals surface area contributed by atoms with Crippen LogP contribution in [0.3, 0.4) is 0 Å². The molecule has 25 heavy (non-hydrogen) atoms. The minimum atomic E-state index is -0.759. The van der Waals surface area contributed by atoms with Gasteiger partial charge in [-0.15, -0.1) is 0 Å². The summed E-state index contributed by atoms with van der Waals surface area (Å²) in [6.07, 6.45) is 9.84. The van der Waals surface area contributed by atoms with E-state index in [0.29, 0.717) is 5.57 Å². The molecule has 1 aromatic carbocycles. The lowest BCUT2D eigenvalue weighted by atomic mass is 10.0. The van der Waals surface area contributed by atoms with Gasteiger partial charge in [0.25, 0.3) is 0 Å². The first-order valence-electron chi connectivity index (χ1n) is 8.14. The van der Waals surface area contributed by atoms with Crippen molar-refractivity contribution in [2.45, 2.75) is 25.9 Å². The number of aliphatic hydroxyl groups excluding tert-OH is 1. The van der Waals surface area contributed by atoms with E-state index in [1.165, 1.54) is 18.7 Å². The number of hydrogen-bond donors (Lipinski definition) is 1. The molecule has 0 saturated carbocycles. The Morgan fingerprint density at radius 3 is 2.64 bits per heavy atom. The molecule has 0 spiro atoms. The molecule has 4 heteroatoms. The minimum Gasteiger partial charge on any atom is -0.469 e. The minimum absolute atomic E-state index is 0.0629. The van der Waals surface area contributed by atoms with Gasteiger partial charge in [-0.2, -0.15) is 0 Å². The summed E-state index contributed by atoms with van der Waals surface area (Å²) >= 11 is 0. The molecule has 0 aliphatic heterocycles. The molecule has 0 bridgehead atoms. The van der Waals surface area contributed by atoms with Crippen molar-refractivity contribution in [1.82, 2.24) is 0 Å². The quantitative estimate of drug-likeness (QED) is 0.638. The molecule has 1 aliphatic rings. The molecule has 0 saturated heterocycles. The molecule has 1 N–H and O–H groups in total. The molecule has 0 aromatic heterocycles. The number of esters is 1. The molecule has 1 aliphatic carbocycles. The van der Waals surface area contributed by atoms with Gasteiger partial charge in [-0.1, -0.05) is 54.1 Å². The highest BCUT2D eigenvalue weighted by Crippen LogP contribution is 2.23. The first-order chi connectivity index (χ1) is 12.0. The summed E-state index contributed by atoms with van der Waals surface area (Å²) in [6.45, 7) is 2.03. The predicted octanol–water partition coefficient (Wildman–Crippen LogP) is 3.31. The SMILES string of the molecule is COC(=O)CCC(O)C=CC=C1C(=O)C=CC1=Cc1ccc(C)cc1. The number of ether oxygens (including phenoxy) is 1. The van der Waals surface area contributed by atoms with E-state index in [2.05, 4.69) is 4.74 Å². The lowest BCUT2D eigenvalue weighted by Crippen LogP contribution is -2.07. The Labute approximate surface area is 147 Å². The maximum Gasteiger partial charge on any atom is 0.305 e. The third-order valence-corrected chi connectivity index (χ3v) is 3.86. The fourth-order valence-electron chi connectivity index (χ4n) is 2.38. The first kappa shape index (κ1) is 18.6. The summed E-state index contributed by atoms with van der Waals surface area (Å²) in [5, 5.41) is 9.82. The third kappa shape index (κ3) is 5.69. The van der Waals surface area contributed by atoms with Gasteiger partial charge in [-0.3, -0.25) is 9.59 Å². The Kier molecular flexibility index (Phi) is 6.66. The molecule has 0 radical (unpaired) electrons. The lowest BCUT2D eigenvalue weighted by Gasteiger charge is -2.03. The van der Waals surface area contributed by atoms with Gasteiger partial charge in [0.1, 0.15) is 0 Å². The Morgan fingerprint density at radius 1 is 1.24 bits per heavy atom. The highest BCUT2D eigenvalue weighted by atomic mass is 16.5. The number of hydrogen-bond acceptors (Lipinski definition) is 4. The van der Waals surface area contributed by atoms with E-state index in [-0.39, 0.29) is 24.6 Å². The Hall–Kier alpha value is -2.72. The number of carbonyl (C=O) groups excluding carboxylic acids is 2. The van der Waals surface area contributed by atoms with Crippen LogP contribution in [0.4, 0.5) is 0 Å². The molecule has 1 aromatic rings. The summed E-state index contributed by atoms with van der Waals surface area (Å²) < 4.78 is 4.53. The first-order valence-corrected chi connectivity index (χ1v) is 8.14. The molecular weight excluding hydrogens is 316 g/mol. The van der Waals surface area contributed by atoms with Crippen molar-refractivity contribution in [1.29, 1.82) is 0 Å². The summed E-state index contributed by atoms with van der Waals surface area (Å²) in [5.74, 6) is -0.420. The molecule has 1 atom stereocenters. The van der Waals surface area contributed by atoms with E-state index in [4.69, 9.17) is 0 Å². The van der Waals surface area contributed by atoms with Crippen LogP contribution in [0.25, 0.3) is 6.08 Å². The van der Waals surface area contributed by atoms with E-state index in [9.17, 15) is 14.7 Å². The number of methoxy groups -OCH3 is 1. The lowest BCUT2D eigenvalue weighted by molar-refractivity contribution is -0.141. The molecule has 0 heterocycles. The second-order valence-corrected chi connectivity index (χ2v) is 5.86. The zero-order valence-corrected chi connectivity index (χ0v) is 14.4. The van der Waals surface area contributed by atoms with Crippen molar-refractivity contribution in [2.75, 3.05) is 7.11 Å². The zero-order chi connectivity index (χ0) is 18.2. The van der Waals surface area contributed by atoms with E-state index < -0.39 is 6.10 Å². The van der Waals surface area contributed by atoms with Gasteiger partial charge in [0.2, 0.25) is 0 Å². The van der Waals surface area contributed by atoms with E-state index >= 15 is 0 Å². The second-order valence-electron chi connectivity index (χ2n) is 5.86. The fourth-order valence-corrected chi connectivity index (χ4v) is 2.38. The third-order valence-electron chi connectivity index (χ3n) is 3.86. The van der Waals surface area contributed by atoms with Gasteiger partial charge in [-0.05, 0) is 36.6 Å².